The van der Waals surface area contributed by atoms with Gasteiger partial charge in [0, 0.05) is 13.3 Å². The highest BCUT2D eigenvalue weighted by atomic mass is 32.2. The van der Waals surface area contributed by atoms with E-state index in [0.29, 0.717) is 31.8 Å². The first kappa shape index (κ1) is 16.9. The van der Waals surface area contributed by atoms with E-state index in [0.717, 1.165) is 13.0 Å². The monoisotopic (exact) mass is 304 g/mol. The molecular weight excluding hydrogens is 280 g/mol. The summed E-state index contributed by atoms with van der Waals surface area (Å²) >= 11 is 0. The zero-order chi connectivity index (χ0) is 14.8. The maximum absolute atomic E-state index is 11.9. The van der Waals surface area contributed by atoms with Crippen LogP contribution in [0.25, 0.3) is 0 Å². The van der Waals surface area contributed by atoms with E-state index < -0.39 is 10.0 Å². The van der Waals surface area contributed by atoms with Gasteiger partial charge in [0.1, 0.15) is 0 Å². The van der Waals surface area contributed by atoms with Crippen LogP contribution in [0.4, 0.5) is 5.69 Å². The topological polar surface area (TPSA) is 85.3 Å². The van der Waals surface area contributed by atoms with E-state index in [9.17, 15) is 8.42 Å². The second-order valence-corrected chi connectivity index (χ2v) is 6.35. The SMILES string of the molecule is CCCNCCCS(=O)(=O)Nc1cnn(CCOC)c1. The van der Waals surface area contributed by atoms with Crippen LogP contribution in [0.5, 0.6) is 0 Å². The normalized spacial score (nSPS) is 11.7. The highest BCUT2D eigenvalue weighted by Gasteiger charge is 2.11. The number of methoxy groups -OCH3 is 1. The van der Waals surface area contributed by atoms with Gasteiger partial charge >= 0.3 is 0 Å². The molecule has 0 spiro atoms. The third-order valence-corrected chi connectivity index (χ3v) is 4.00. The van der Waals surface area contributed by atoms with Crippen molar-refractivity contribution in [3.05, 3.63) is 12.4 Å². The van der Waals surface area contributed by atoms with E-state index in [-0.39, 0.29) is 5.75 Å². The molecule has 0 saturated carbocycles. The maximum atomic E-state index is 11.9. The molecule has 0 aliphatic carbocycles. The smallest absolute Gasteiger partial charge is 0.232 e. The summed E-state index contributed by atoms with van der Waals surface area (Å²) in [4.78, 5) is 0. The van der Waals surface area contributed by atoms with E-state index in [1.54, 1.807) is 18.0 Å². The number of rotatable bonds is 11. The molecule has 0 unspecified atom stereocenters. The molecular formula is C12H24N4O3S. The predicted molar refractivity (Wildman–Crippen MR) is 79.3 cm³/mol. The Morgan fingerprint density at radius 1 is 1.40 bits per heavy atom. The summed E-state index contributed by atoms with van der Waals surface area (Å²) in [6, 6.07) is 0. The van der Waals surface area contributed by atoms with E-state index in [1.165, 1.54) is 6.20 Å². The van der Waals surface area contributed by atoms with Crippen molar-refractivity contribution in [1.29, 1.82) is 0 Å². The Morgan fingerprint density at radius 3 is 2.90 bits per heavy atom. The second-order valence-electron chi connectivity index (χ2n) is 4.51. The molecule has 0 atom stereocenters. The van der Waals surface area contributed by atoms with Gasteiger partial charge in [0.2, 0.25) is 10.0 Å². The summed E-state index contributed by atoms with van der Waals surface area (Å²) in [6.07, 6.45) is 4.80. The number of sulfonamides is 1. The van der Waals surface area contributed by atoms with Crippen molar-refractivity contribution >= 4 is 15.7 Å². The van der Waals surface area contributed by atoms with Gasteiger partial charge in [0.05, 0.1) is 30.8 Å². The standard InChI is InChI=1S/C12H24N4O3S/c1-3-5-13-6-4-9-20(17,18)15-12-10-14-16(11-12)7-8-19-2/h10-11,13,15H,3-9H2,1-2H3. The lowest BCUT2D eigenvalue weighted by Gasteiger charge is -2.06. The van der Waals surface area contributed by atoms with Crippen LogP contribution in [0, 0.1) is 0 Å². The number of ether oxygens (including phenoxy) is 1. The van der Waals surface area contributed by atoms with Crippen LogP contribution in [-0.4, -0.2) is 50.8 Å². The molecule has 0 saturated heterocycles. The Balaban J connectivity index is 2.35. The van der Waals surface area contributed by atoms with Crippen LogP contribution in [-0.2, 0) is 21.3 Å². The molecule has 1 aromatic heterocycles. The number of aromatic nitrogens is 2. The van der Waals surface area contributed by atoms with E-state index >= 15 is 0 Å². The first-order valence-electron chi connectivity index (χ1n) is 6.80. The quantitative estimate of drug-likeness (QED) is 0.587. The first-order chi connectivity index (χ1) is 9.57. The third-order valence-electron chi connectivity index (χ3n) is 2.62. The lowest BCUT2D eigenvalue weighted by molar-refractivity contribution is 0.183. The van der Waals surface area contributed by atoms with Gasteiger partial charge in [-0.2, -0.15) is 5.10 Å². The summed E-state index contributed by atoms with van der Waals surface area (Å²) in [7, 11) is -1.69. The molecule has 0 bridgehead atoms. The summed E-state index contributed by atoms with van der Waals surface area (Å²) in [5, 5.41) is 7.23. The zero-order valence-electron chi connectivity index (χ0n) is 12.1. The van der Waals surface area contributed by atoms with Crippen LogP contribution in [0.15, 0.2) is 12.4 Å². The van der Waals surface area contributed by atoms with E-state index in [2.05, 4.69) is 22.1 Å². The Labute approximate surface area is 120 Å². The molecule has 1 aromatic rings. The van der Waals surface area contributed by atoms with Gasteiger partial charge in [-0.15, -0.1) is 0 Å². The minimum Gasteiger partial charge on any atom is -0.383 e. The Morgan fingerprint density at radius 2 is 2.20 bits per heavy atom. The Bertz CT molecular complexity index is 473. The molecule has 8 heteroatoms. The minimum atomic E-state index is -3.30. The molecule has 0 radical (unpaired) electrons. The fourth-order valence-electron chi connectivity index (χ4n) is 1.64. The Kier molecular flexibility index (Phi) is 7.56. The molecule has 0 fully saturated rings. The maximum Gasteiger partial charge on any atom is 0.232 e. The summed E-state index contributed by atoms with van der Waals surface area (Å²) < 4.78 is 32.8. The van der Waals surface area contributed by atoms with Crippen LogP contribution >= 0.6 is 0 Å². The van der Waals surface area contributed by atoms with Crippen molar-refractivity contribution in [3.63, 3.8) is 0 Å². The minimum absolute atomic E-state index is 0.104. The first-order valence-corrected chi connectivity index (χ1v) is 8.45. The molecule has 0 aliphatic rings. The van der Waals surface area contributed by atoms with Crippen molar-refractivity contribution in [2.75, 3.05) is 37.3 Å². The summed E-state index contributed by atoms with van der Waals surface area (Å²) in [5.41, 5.74) is 0.489. The largest absolute Gasteiger partial charge is 0.383 e. The average Bonchev–Trinajstić information content (AvgIpc) is 2.82. The van der Waals surface area contributed by atoms with Gasteiger partial charge in [0.25, 0.3) is 0 Å². The third kappa shape index (κ3) is 6.88. The van der Waals surface area contributed by atoms with Crippen molar-refractivity contribution in [1.82, 2.24) is 15.1 Å². The Hall–Kier alpha value is -1.12. The van der Waals surface area contributed by atoms with Crippen LogP contribution in [0.2, 0.25) is 0 Å². The second kappa shape index (κ2) is 8.93. The van der Waals surface area contributed by atoms with Crippen LogP contribution < -0.4 is 10.0 Å². The molecule has 7 nitrogen and oxygen atoms in total. The predicted octanol–water partition coefficient (Wildman–Crippen LogP) is 0.661. The fourth-order valence-corrected chi connectivity index (χ4v) is 2.73. The molecule has 20 heavy (non-hydrogen) atoms. The molecule has 1 heterocycles. The van der Waals surface area contributed by atoms with Crippen molar-refractivity contribution in [2.45, 2.75) is 26.3 Å². The number of nitrogens with zero attached hydrogens (tertiary/aromatic N) is 2. The zero-order valence-corrected chi connectivity index (χ0v) is 12.9. The van der Waals surface area contributed by atoms with Crippen LogP contribution in [0.3, 0.4) is 0 Å². The van der Waals surface area contributed by atoms with Crippen LogP contribution in [0.1, 0.15) is 19.8 Å². The van der Waals surface area contributed by atoms with Crippen molar-refractivity contribution in [2.24, 2.45) is 0 Å². The highest BCUT2D eigenvalue weighted by Crippen LogP contribution is 2.08. The van der Waals surface area contributed by atoms with Crippen molar-refractivity contribution in [3.8, 4) is 0 Å². The molecule has 0 aliphatic heterocycles. The number of nitrogens with one attached hydrogen (secondary N) is 2. The van der Waals surface area contributed by atoms with Gasteiger partial charge in [-0.1, -0.05) is 6.92 Å². The van der Waals surface area contributed by atoms with Gasteiger partial charge in [-0.05, 0) is 25.9 Å². The lowest BCUT2D eigenvalue weighted by atomic mass is 10.4. The molecule has 2 N–H and O–H groups in total. The number of hydrogen-bond donors (Lipinski definition) is 2. The number of hydrogen-bond acceptors (Lipinski definition) is 5. The number of anilines is 1. The lowest BCUT2D eigenvalue weighted by Crippen LogP contribution is -2.22. The van der Waals surface area contributed by atoms with Gasteiger partial charge in [-0.25, -0.2) is 8.42 Å². The average molecular weight is 304 g/mol. The highest BCUT2D eigenvalue weighted by molar-refractivity contribution is 7.92. The van der Waals surface area contributed by atoms with E-state index in [4.69, 9.17) is 4.74 Å². The molecule has 116 valence electrons. The van der Waals surface area contributed by atoms with Crippen molar-refractivity contribution < 1.29 is 13.2 Å². The van der Waals surface area contributed by atoms with Gasteiger partial charge < -0.3 is 10.1 Å². The molecule has 0 aromatic carbocycles. The summed E-state index contributed by atoms with van der Waals surface area (Å²) in [6.45, 7) is 4.84. The molecule has 0 amide bonds. The van der Waals surface area contributed by atoms with Gasteiger partial charge in [0.15, 0.2) is 0 Å². The molecule has 1 rings (SSSR count). The van der Waals surface area contributed by atoms with E-state index in [1.807, 2.05) is 0 Å². The summed E-state index contributed by atoms with van der Waals surface area (Å²) in [5.74, 6) is 0.104. The fraction of sp³-hybridized carbons (Fsp3) is 0.750. The van der Waals surface area contributed by atoms with Gasteiger partial charge in [-0.3, -0.25) is 9.40 Å².